The van der Waals surface area contributed by atoms with Crippen LogP contribution in [0, 0.1) is 0 Å². The minimum atomic E-state index is 0.934. The molecule has 1 nitrogen and oxygen atoms in total. The van der Waals surface area contributed by atoms with Gasteiger partial charge in [0, 0.05) is 12.1 Å². The van der Waals surface area contributed by atoms with E-state index in [1.165, 1.54) is 36.8 Å². The van der Waals surface area contributed by atoms with Gasteiger partial charge >= 0.3 is 0 Å². The largest absolute Gasteiger partial charge is 0.285 e. The van der Waals surface area contributed by atoms with Gasteiger partial charge in [-0.2, -0.15) is 0 Å². The van der Waals surface area contributed by atoms with Gasteiger partial charge in [0.2, 0.25) is 0 Å². The third-order valence-electron chi connectivity index (χ3n) is 3.28. The molecule has 2 rings (SSSR count). The van der Waals surface area contributed by atoms with Crippen LogP contribution in [0.1, 0.15) is 32.6 Å². The first kappa shape index (κ1) is 13.7. The van der Waals surface area contributed by atoms with Crippen molar-refractivity contribution in [2.75, 3.05) is 6.54 Å². The molecule has 2 aromatic carbocycles. The van der Waals surface area contributed by atoms with Crippen molar-refractivity contribution < 1.29 is 0 Å². The first-order valence-electron chi connectivity index (χ1n) is 7.23. The highest BCUT2D eigenvalue weighted by atomic mass is 14.9. The summed E-state index contributed by atoms with van der Waals surface area (Å²) < 4.78 is 0. The van der Waals surface area contributed by atoms with Crippen molar-refractivity contribution in [1.82, 2.24) is 5.32 Å². The fraction of sp³-hybridized carbons (Fsp3) is 0.333. The Hall–Kier alpha value is -1.76. The van der Waals surface area contributed by atoms with E-state index in [-0.39, 0.29) is 0 Å². The van der Waals surface area contributed by atoms with Gasteiger partial charge in [0.25, 0.3) is 0 Å². The summed E-state index contributed by atoms with van der Waals surface area (Å²) in [5, 5.41) is 4.75. The van der Waals surface area contributed by atoms with Crippen LogP contribution in [0.5, 0.6) is 0 Å². The minimum absolute atomic E-state index is 0.934. The predicted octanol–water partition coefficient (Wildman–Crippen LogP) is 5.17. The van der Waals surface area contributed by atoms with Gasteiger partial charge in [-0.05, 0) is 18.1 Å². The lowest BCUT2D eigenvalue weighted by atomic mass is 10.0. The zero-order valence-corrected chi connectivity index (χ0v) is 11.7. The summed E-state index contributed by atoms with van der Waals surface area (Å²) in [7, 11) is 0. The number of unbranched alkanes of at least 4 members (excludes halogenated alkanes) is 3. The standard InChI is InChI=1S/C18H22N/c1-2-3-4-10-15-19-18-14-9-8-13-17(18)16-11-6-5-7-12-16/h5-9,11-14H,2-4,10,15H2,1H3. The zero-order chi connectivity index (χ0) is 13.3. The van der Waals surface area contributed by atoms with E-state index < -0.39 is 0 Å². The third kappa shape index (κ3) is 4.13. The van der Waals surface area contributed by atoms with Crippen molar-refractivity contribution in [2.24, 2.45) is 0 Å². The Labute approximate surface area is 116 Å². The second-order valence-corrected chi connectivity index (χ2v) is 4.83. The summed E-state index contributed by atoms with van der Waals surface area (Å²) in [6.07, 6.45) is 5.07. The Bertz CT molecular complexity index is 476. The minimum Gasteiger partial charge on any atom is -0.285 e. The number of hydrogen-bond donors (Lipinski definition) is 0. The van der Waals surface area contributed by atoms with Crippen molar-refractivity contribution in [2.45, 2.75) is 32.6 Å². The number of para-hydroxylation sites is 1. The van der Waals surface area contributed by atoms with Gasteiger partial charge in [0.1, 0.15) is 0 Å². The van der Waals surface area contributed by atoms with E-state index in [1.807, 2.05) is 6.07 Å². The number of hydrogen-bond acceptors (Lipinski definition) is 0. The Morgan fingerprint density at radius 2 is 1.53 bits per heavy atom. The molecule has 0 aliphatic carbocycles. The van der Waals surface area contributed by atoms with E-state index in [4.69, 9.17) is 5.32 Å². The highest BCUT2D eigenvalue weighted by Gasteiger charge is 2.04. The van der Waals surface area contributed by atoms with Gasteiger partial charge in [-0.3, -0.25) is 5.32 Å². The van der Waals surface area contributed by atoms with Gasteiger partial charge in [-0.15, -0.1) is 0 Å². The maximum atomic E-state index is 4.75. The van der Waals surface area contributed by atoms with Crippen LogP contribution in [0.3, 0.4) is 0 Å². The summed E-state index contributed by atoms with van der Waals surface area (Å²) in [4.78, 5) is 0. The lowest BCUT2D eigenvalue weighted by Crippen LogP contribution is -2.01. The Morgan fingerprint density at radius 3 is 2.32 bits per heavy atom. The second kappa shape index (κ2) is 7.63. The van der Waals surface area contributed by atoms with E-state index >= 15 is 0 Å². The van der Waals surface area contributed by atoms with Crippen molar-refractivity contribution in [1.29, 1.82) is 0 Å². The van der Waals surface area contributed by atoms with Crippen molar-refractivity contribution in [3.63, 3.8) is 0 Å². The summed E-state index contributed by atoms with van der Waals surface area (Å²) in [5.41, 5.74) is 3.60. The van der Waals surface area contributed by atoms with Crippen LogP contribution in [0.15, 0.2) is 54.6 Å². The molecular formula is C18H22N. The van der Waals surface area contributed by atoms with Crippen molar-refractivity contribution in [3.05, 3.63) is 54.6 Å². The van der Waals surface area contributed by atoms with Crippen LogP contribution in [0.4, 0.5) is 5.69 Å². The molecule has 0 heterocycles. The molecule has 1 heteroatoms. The second-order valence-electron chi connectivity index (χ2n) is 4.83. The number of rotatable bonds is 7. The highest BCUT2D eigenvalue weighted by molar-refractivity contribution is 5.75. The maximum Gasteiger partial charge on any atom is 0.0652 e. The van der Waals surface area contributed by atoms with Crippen LogP contribution in [-0.4, -0.2) is 6.54 Å². The van der Waals surface area contributed by atoms with Crippen LogP contribution in [-0.2, 0) is 0 Å². The van der Waals surface area contributed by atoms with E-state index in [1.54, 1.807) is 0 Å². The molecule has 0 bridgehead atoms. The molecule has 0 saturated carbocycles. The predicted molar refractivity (Wildman–Crippen MR) is 82.7 cm³/mol. The highest BCUT2D eigenvalue weighted by Crippen LogP contribution is 2.27. The molecule has 0 unspecified atom stereocenters. The molecule has 1 radical (unpaired) electrons. The normalized spacial score (nSPS) is 10.4. The van der Waals surface area contributed by atoms with E-state index in [9.17, 15) is 0 Å². The van der Waals surface area contributed by atoms with Gasteiger partial charge < -0.3 is 0 Å². The van der Waals surface area contributed by atoms with Gasteiger partial charge in [0.15, 0.2) is 0 Å². The molecule has 0 spiro atoms. The van der Waals surface area contributed by atoms with E-state index in [0.717, 1.165) is 12.2 Å². The molecule has 0 amide bonds. The number of benzene rings is 2. The Morgan fingerprint density at radius 1 is 0.789 bits per heavy atom. The molecule has 0 aliphatic rings. The molecule has 0 atom stereocenters. The molecular weight excluding hydrogens is 230 g/mol. The number of nitrogens with zero attached hydrogens (tertiary/aromatic N) is 1. The van der Waals surface area contributed by atoms with Gasteiger partial charge in [-0.25, -0.2) is 0 Å². The summed E-state index contributed by atoms with van der Waals surface area (Å²) in [6, 6.07) is 18.9. The summed E-state index contributed by atoms with van der Waals surface area (Å²) in [6.45, 7) is 3.17. The molecule has 0 saturated heterocycles. The average molecular weight is 252 g/mol. The lowest BCUT2D eigenvalue weighted by molar-refractivity contribution is 0.645. The van der Waals surface area contributed by atoms with Crippen molar-refractivity contribution in [3.8, 4) is 11.1 Å². The SMILES string of the molecule is CCCCCC[N]c1ccccc1-c1ccccc1. The van der Waals surface area contributed by atoms with Crippen LogP contribution >= 0.6 is 0 Å². The third-order valence-corrected chi connectivity index (χ3v) is 3.28. The van der Waals surface area contributed by atoms with Gasteiger partial charge in [-0.1, -0.05) is 74.7 Å². The molecule has 19 heavy (non-hydrogen) atoms. The smallest absolute Gasteiger partial charge is 0.0652 e. The zero-order valence-electron chi connectivity index (χ0n) is 11.7. The average Bonchev–Trinajstić information content (AvgIpc) is 2.48. The van der Waals surface area contributed by atoms with Crippen LogP contribution in [0.2, 0.25) is 0 Å². The van der Waals surface area contributed by atoms with Crippen LogP contribution in [0.25, 0.3) is 11.1 Å². The van der Waals surface area contributed by atoms with Crippen molar-refractivity contribution >= 4 is 5.69 Å². The maximum absolute atomic E-state index is 4.75. The van der Waals surface area contributed by atoms with E-state index in [0.29, 0.717) is 0 Å². The molecule has 0 N–H and O–H groups in total. The first-order chi connectivity index (χ1) is 9.42. The first-order valence-corrected chi connectivity index (χ1v) is 7.23. The monoisotopic (exact) mass is 252 g/mol. The molecule has 99 valence electrons. The van der Waals surface area contributed by atoms with Gasteiger partial charge in [0.05, 0.1) is 5.69 Å². The molecule has 2 aromatic rings. The van der Waals surface area contributed by atoms with E-state index in [2.05, 4.69) is 55.5 Å². The summed E-state index contributed by atoms with van der Waals surface area (Å²) >= 11 is 0. The summed E-state index contributed by atoms with van der Waals surface area (Å²) in [5.74, 6) is 0. The Kier molecular flexibility index (Phi) is 5.49. The topological polar surface area (TPSA) is 14.1 Å². The fourth-order valence-corrected chi connectivity index (χ4v) is 2.21. The van der Waals surface area contributed by atoms with Crippen LogP contribution < -0.4 is 5.32 Å². The fourth-order valence-electron chi connectivity index (χ4n) is 2.21. The lowest BCUT2D eigenvalue weighted by Gasteiger charge is -2.09. The molecule has 0 aromatic heterocycles. The molecule has 0 fully saturated rings. The quantitative estimate of drug-likeness (QED) is 0.604. The Balaban J connectivity index is 2.01. The molecule has 0 aliphatic heterocycles.